The smallest absolute Gasteiger partial charge is 0.364 e. The van der Waals surface area contributed by atoms with Gasteiger partial charge in [0.05, 0.1) is 50.7 Å². The van der Waals surface area contributed by atoms with Crippen molar-refractivity contribution in [2.24, 2.45) is 0 Å². The third-order valence-electron chi connectivity index (χ3n) is 15.6. The molecule has 18 unspecified atom stereocenters. The number of aliphatic hydroxyl groups is 11. The largest absolute Gasteiger partial charge is 0.477 e. The van der Waals surface area contributed by atoms with E-state index in [1.54, 1.807) is 0 Å². The number of carbonyl (C=O) groups excluding carboxylic acids is 2. The molecule has 79 heavy (non-hydrogen) atoms. The molecule has 3 saturated heterocycles. The van der Waals surface area contributed by atoms with Gasteiger partial charge in [0.2, 0.25) is 11.8 Å². The SMILES string of the molecule is CCCCCCCCCCCCCCCCCCC(O)C(COC1OC(CO)C(OC2OC(CO)C(O)C(OC3(C(=O)O)CC(O)C(NC(C)=O)C(C(O)C(O)CO)O3)C2O)C(O)C1O)NC(=O)CCCCCCCCCCC. The van der Waals surface area contributed by atoms with E-state index in [1.807, 2.05) is 0 Å². The Kier molecular flexibility index (Phi) is 35.3. The van der Waals surface area contributed by atoms with Crippen LogP contribution in [0.2, 0.25) is 0 Å². The Bertz CT molecular complexity index is 1640. The van der Waals surface area contributed by atoms with Crippen LogP contribution in [-0.2, 0) is 42.8 Å². The summed E-state index contributed by atoms with van der Waals surface area (Å²) in [4.78, 5) is 38.3. The number of carbonyl (C=O) groups is 3. The molecule has 3 rings (SSSR count). The van der Waals surface area contributed by atoms with Crippen LogP contribution in [0.5, 0.6) is 0 Å². The third kappa shape index (κ3) is 24.1. The number of aliphatic carboxylic acids is 1. The first-order chi connectivity index (χ1) is 37.9. The maximum absolute atomic E-state index is 13.3. The van der Waals surface area contributed by atoms with Crippen LogP contribution in [0, 0.1) is 0 Å². The predicted molar refractivity (Wildman–Crippen MR) is 288 cm³/mol. The van der Waals surface area contributed by atoms with E-state index in [1.165, 1.54) is 96.3 Å². The van der Waals surface area contributed by atoms with Gasteiger partial charge in [0.1, 0.15) is 67.1 Å². The fourth-order valence-electron chi connectivity index (χ4n) is 10.7. The molecule has 0 spiro atoms. The molecule has 0 aromatic heterocycles. The Morgan fingerprint density at radius 3 is 1.58 bits per heavy atom. The molecule has 3 aliphatic heterocycles. The quantitative estimate of drug-likeness (QED) is 0.0389. The Hall–Kier alpha value is -2.27. The molecule has 3 fully saturated rings. The number of amides is 2. The van der Waals surface area contributed by atoms with Gasteiger partial charge in [-0.25, -0.2) is 4.79 Å². The van der Waals surface area contributed by atoms with Gasteiger partial charge in [-0.1, -0.05) is 168 Å². The minimum absolute atomic E-state index is 0.226. The monoisotopic (exact) mass is 1140 g/mol. The van der Waals surface area contributed by atoms with Crippen LogP contribution in [0.15, 0.2) is 0 Å². The first kappa shape index (κ1) is 71.0. The van der Waals surface area contributed by atoms with Gasteiger partial charge in [-0.15, -0.1) is 0 Å². The summed E-state index contributed by atoms with van der Waals surface area (Å²) in [6.45, 7) is 2.14. The van der Waals surface area contributed by atoms with Crippen molar-refractivity contribution in [3.8, 4) is 0 Å². The molecule has 18 atom stereocenters. The molecule has 14 N–H and O–H groups in total. The highest BCUT2D eigenvalue weighted by Gasteiger charge is 2.60. The van der Waals surface area contributed by atoms with Crippen LogP contribution in [0.3, 0.4) is 0 Å². The van der Waals surface area contributed by atoms with Gasteiger partial charge < -0.3 is 100 Å². The van der Waals surface area contributed by atoms with Gasteiger partial charge in [-0.2, -0.15) is 0 Å². The number of rotatable bonds is 43. The van der Waals surface area contributed by atoms with Crippen molar-refractivity contribution >= 4 is 17.8 Å². The lowest BCUT2D eigenvalue weighted by atomic mass is 9.88. The zero-order valence-corrected chi connectivity index (χ0v) is 47.5. The second-order valence-corrected chi connectivity index (χ2v) is 22.2. The molecule has 0 aliphatic carbocycles. The molecule has 464 valence electrons. The molecular weight excluding hydrogens is 1040 g/mol. The van der Waals surface area contributed by atoms with Crippen molar-refractivity contribution in [3.05, 3.63) is 0 Å². The number of aliphatic hydroxyl groups excluding tert-OH is 11. The summed E-state index contributed by atoms with van der Waals surface area (Å²) < 4.78 is 34.7. The fourth-order valence-corrected chi connectivity index (χ4v) is 10.7. The zero-order chi connectivity index (χ0) is 58.3. The lowest BCUT2D eigenvalue weighted by Crippen LogP contribution is -2.70. The molecular formula is C56H104N2O21. The van der Waals surface area contributed by atoms with Crippen LogP contribution >= 0.6 is 0 Å². The molecule has 0 radical (unpaired) electrons. The van der Waals surface area contributed by atoms with Gasteiger partial charge in [0, 0.05) is 19.8 Å². The average Bonchev–Trinajstić information content (AvgIpc) is 3.49. The number of carboxylic acids is 1. The summed E-state index contributed by atoms with van der Waals surface area (Å²) in [6.07, 6.45) is 0.0899. The van der Waals surface area contributed by atoms with E-state index in [-0.39, 0.29) is 18.9 Å². The summed E-state index contributed by atoms with van der Waals surface area (Å²) in [5.74, 6) is -6.10. The molecule has 23 nitrogen and oxygen atoms in total. The highest BCUT2D eigenvalue weighted by molar-refractivity contribution is 5.77. The number of hydrogen-bond donors (Lipinski definition) is 14. The zero-order valence-electron chi connectivity index (χ0n) is 47.5. The van der Waals surface area contributed by atoms with Crippen molar-refractivity contribution in [2.45, 2.75) is 310 Å². The van der Waals surface area contributed by atoms with Crippen LogP contribution in [-0.4, -0.2) is 215 Å². The maximum atomic E-state index is 13.3. The molecule has 2 amide bonds. The van der Waals surface area contributed by atoms with Crippen molar-refractivity contribution < 1.29 is 104 Å². The third-order valence-corrected chi connectivity index (χ3v) is 15.6. The Labute approximate surface area is 468 Å². The second-order valence-electron chi connectivity index (χ2n) is 22.2. The topological polar surface area (TPSA) is 373 Å². The van der Waals surface area contributed by atoms with Crippen molar-refractivity contribution in [3.63, 3.8) is 0 Å². The maximum Gasteiger partial charge on any atom is 0.364 e. The number of nitrogens with one attached hydrogen (secondary N) is 2. The van der Waals surface area contributed by atoms with Crippen LogP contribution < -0.4 is 10.6 Å². The summed E-state index contributed by atoms with van der Waals surface area (Å²) in [6, 6.07) is -2.52. The van der Waals surface area contributed by atoms with Crippen LogP contribution in [0.25, 0.3) is 0 Å². The van der Waals surface area contributed by atoms with E-state index in [0.29, 0.717) is 19.3 Å². The molecule has 23 heteroatoms. The number of carboxylic acid groups (broad SMARTS) is 1. The van der Waals surface area contributed by atoms with Gasteiger partial charge in [-0.05, 0) is 12.8 Å². The lowest BCUT2D eigenvalue weighted by molar-refractivity contribution is -0.386. The summed E-state index contributed by atoms with van der Waals surface area (Å²) in [7, 11) is 0. The Morgan fingerprint density at radius 1 is 0.608 bits per heavy atom. The number of hydrogen-bond acceptors (Lipinski definition) is 20. The minimum Gasteiger partial charge on any atom is -0.477 e. The van der Waals surface area contributed by atoms with Gasteiger partial charge in [0.15, 0.2) is 12.6 Å². The normalized spacial score (nSPS) is 30.8. The van der Waals surface area contributed by atoms with Gasteiger partial charge in [-0.3, -0.25) is 9.59 Å². The van der Waals surface area contributed by atoms with E-state index < -0.39 is 148 Å². The standard InChI is InChI=1S/C56H104N2O21/c1-4-6-8-10-12-14-15-16-17-18-19-20-22-23-25-27-29-38(63)37(58-43(66)30-28-26-24-21-13-11-9-7-5-2)35-74-53-48(70)47(69)50(42(34-61)76-53)77-54-49(71)52(46(68)41(33-60)75-54)79-56(55(72)73)31-39(64)44(57-36(3)62)51(78-56)45(67)40(65)32-59/h37-42,44-54,59-61,63-65,67-71H,4-35H2,1-3H3,(H,57,62)(H,58,66)(H,72,73). The van der Waals surface area contributed by atoms with E-state index in [0.717, 1.165) is 58.3 Å². The summed E-state index contributed by atoms with van der Waals surface area (Å²) in [5.41, 5.74) is 0. The Balaban J connectivity index is 1.66. The molecule has 0 saturated carbocycles. The summed E-state index contributed by atoms with van der Waals surface area (Å²) >= 11 is 0. The van der Waals surface area contributed by atoms with Crippen molar-refractivity contribution in [1.29, 1.82) is 0 Å². The Morgan fingerprint density at radius 2 is 1.10 bits per heavy atom. The average molecular weight is 1140 g/mol. The van der Waals surface area contributed by atoms with E-state index in [9.17, 15) is 75.7 Å². The van der Waals surface area contributed by atoms with Gasteiger partial charge >= 0.3 is 5.97 Å². The molecule has 3 aliphatic rings. The second kappa shape index (κ2) is 39.3. The van der Waals surface area contributed by atoms with Crippen LogP contribution in [0.1, 0.15) is 201 Å². The van der Waals surface area contributed by atoms with Crippen molar-refractivity contribution in [2.75, 3.05) is 26.4 Å². The number of unbranched alkanes of at least 4 members (excludes halogenated alkanes) is 23. The minimum atomic E-state index is -3.07. The molecule has 0 bridgehead atoms. The first-order valence-electron chi connectivity index (χ1n) is 29.9. The van der Waals surface area contributed by atoms with E-state index in [4.69, 9.17) is 28.4 Å². The van der Waals surface area contributed by atoms with E-state index in [2.05, 4.69) is 24.5 Å². The van der Waals surface area contributed by atoms with Crippen LogP contribution in [0.4, 0.5) is 0 Å². The fraction of sp³-hybridized carbons (Fsp3) is 0.946. The summed E-state index contributed by atoms with van der Waals surface area (Å²) in [5, 5.41) is 135. The predicted octanol–water partition coefficient (Wildman–Crippen LogP) is 2.22. The first-order valence-corrected chi connectivity index (χ1v) is 29.9. The molecule has 0 aromatic rings. The number of ether oxygens (including phenoxy) is 6. The highest BCUT2D eigenvalue weighted by atomic mass is 16.8. The van der Waals surface area contributed by atoms with Crippen molar-refractivity contribution in [1.82, 2.24) is 10.6 Å². The highest BCUT2D eigenvalue weighted by Crippen LogP contribution is 2.38. The lowest BCUT2D eigenvalue weighted by Gasteiger charge is -2.50. The van der Waals surface area contributed by atoms with E-state index >= 15 is 0 Å². The molecule has 3 heterocycles. The van der Waals surface area contributed by atoms with Gasteiger partial charge in [0.25, 0.3) is 5.79 Å². The molecule has 0 aromatic carbocycles.